The van der Waals surface area contributed by atoms with Crippen molar-refractivity contribution >= 4 is 16.9 Å². The van der Waals surface area contributed by atoms with E-state index in [-0.39, 0.29) is 6.04 Å². The standard InChI is InChI=1S/C11H12N4O/c12-10(16)6-2-1-3-7-9(6)15-11(14-7)8-4-5-13-8/h1-3,8,13H,4-5H2,(H2,12,16)(H,14,15). The van der Waals surface area contributed by atoms with Crippen LogP contribution in [0.1, 0.15) is 28.6 Å². The van der Waals surface area contributed by atoms with Crippen LogP contribution < -0.4 is 11.1 Å². The molecule has 1 aliphatic rings. The highest BCUT2D eigenvalue weighted by atomic mass is 16.1. The van der Waals surface area contributed by atoms with Gasteiger partial charge in [0.15, 0.2) is 0 Å². The summed E-state index contributed by atoms with van der Waals surface area (Å²) in [6, 6.07) is 5.69. The summed E-state index contributed by atoms with van der Waals surface area (Å²) in [5.41, 5.74) is 7.30. The molecule has 2 heterocycles. The topological polar surface area (TPSA) is 83.8 Å². The fourth-order valence-electron chi connectivity index (χ4n) is 1.94. The summed E-state index contributed by atoms with van der Waals surface area (Å²) >= 11 is 0. The zero-order valence-corrected chi connectivity index (χ0v) is 8.66. The average Bonchev–Trinajstić information content (AvgIpc) is 2.56. The molecule has 1 aliphatic heterocycles. The second-order valence-electron chi connectivity index (χ2n) is 3.98. The Morgan fingerprint density at radius 3 is 2.94 bits per heavy atom. The van der Waals surface area contributed by atoms with Crippen LogP contribution in [0.3, 0.4) is 0 Å². The van der Waals surface area contributed by atoms with Crippen LogP contribution in [0.4, 0.5) is 0 Å². The molecule has 5 heteroatoms. The number of para-hydroxylation sites is 1. The second kappa shape index (κ2) is 3.31. The first-order valence-corrected chi connectivity index (χ1v) is 5.27. The Morgan fingerprint density at radius 2 is 2.31 bits per heavy atom. The van der Waals surface area contributed by atoms with Crippen molar-refractivity contribution < 1.29 is 4.79 Å². The Bertz CT molecular complexity index is 556. The zero-order chi connectivity index (χ0) is 11.1. The van der Waals surface area contributed by atoms with E-state index in [1.54, 1.807) is 12.1 Å². The molecule has 1 aromatic carbocycles. The molecule has 2 aromatic rings. The van der Waals surface area contributed by atoms with Crippen molar-refractivity contribution in [2.45, 2.75) is 12.5 Å². The normalized spacial score (nSPS) is 19.6. The maximum absolute atomic E-state index is 11.2. The molecule has 5 nitrogen and oxygen atoms in total. The maximum Gasteiger partial charge on any atom is 0.250 e. The van der Waals surface area contributed by atoms with Gasteiger partial charge in [-0.3, -0.25) is 4.79 Å². The summed E-state index contributed by atoms with van der Waals surface area (Å²) in [7, 11) is 0. The number of rotatable bonds is 2. The maximum atomic E-state index is 11.2. The minimum absolute atomic E-state index is 0.285. The molecule has 4 N–H and O–H groups in total. The lowest BCUT2D eigenvalue weighted by molar-refractivity contribution is 0.100. The number of benzene rings is 1. The van der Waals surface area contributed by atoms with Crippen molar-refractivity contribution in [3.05, 3.63) is 29.6 Å². The summed E-state index contributed by atoms with van der Waals surface area (Å²) in [4.78, 5) is 18.9. The van der Waals surface area contributed by atoms with Crippen LogP contribution in [0.15, 0.2) is 18.2 Å². The highest BCUT2D eigenvalue weighted by molar-refractivity contribution is 6.04. The van der Waals surface area contributed by atoms with Gasteiger partial charge < -0.3 is 16.0 Å². The van der Waals surface area contributed by atoms with Gasteiger partial charge >= 0.3 is 0 Å². The first-order chi connectivity index (χ1) is 7.75. The molecule has 1 saturated heterocycles. The fraction of sp³-hybridized carbons (Fsp3) is 0.273. The molecule has 1 fully saturated rings. The van der Waals surface area contributed by atoms with Gasteiger partial charge in [0.25, 0.3) is 5.91 Å². The number of amides is 1. The number of nitrogens with one attached hydrogen (secondary N) is 2. The van der Waals surface area contributed by atoms with E-state index in [2.05, 4.69) is 15.3 Å². The number of hydrogen-bond acceptors (Lipinski definition) is 3. The summed E-state index contributed by atoms with van der Waals surface area (Å²) in [6.45, 7) is 1.02. The van der Waals surface area contributed by atoms with Crippen molar-refractivity contribution in [2.75, 3.05) is 6.54 Å². The van der Waals surface area contributed by atoms with Crippen molar-refractivity contribution in [1.29, 1.82) is 0 Å². The van der Waals surface area contributed by atoms with Crippen LogP contribution in [-0.2, 0) is 0 Å². The Labute approximate surface area is 92.0 Å². The first kappa shape index (κ1) is 9.35. The van der Waals surface area contributed by atoms with E-state index in [0.717, 1.165) is 24.3 Å². The third-order valence-electron chi connectivity index (χ3n) is 2.95. The Kier molecular flexibility index (Phi) is 1.94. The molecule has 1 unspecified atom stereocenters. The van der Waals surface area contributed by atoms with E-state index in [4.69, 9.17) is 5.73 Å². The van der Waals surface area contributed by atoms with Crippen LogP contribution in [0.5, 0.6) is 0 Å². The number of imidazole rings is 1. The highest BCUT2D eigenvalue weighted by Crippen LogP contribution is 2.24. The van der Waals surface area contributed by atoms with Gasteiger partial charge in [-0.15, -0.1) is 0 Å². The Morgan fingerprint density at radius 1 is 1.50 bits per heavy atom. The van der Waals surface area contributed by atoms with E-state index < -0.39 is 5.91 Å². The van der Waals surface area contributed by atoms with Crippen LogP contribution >= 0.6 is 0 Å². The van der Waals surface area contributed by atoms with Crippen LogP contribution in [0.25, 0.3) is 11.0 Å². The number of nitrogens with two attached hydrogens (primary N) is 1. The van der Waals surface area contributed by atoms with Gasteiger partial charge in [-0.05, 0) is 25.1 Å². The second-order valence-corrected chi connectivity index (χ2v) is 3.98. The molecule has 1 atom stereocenters. The fourth-order valence-corrected chi connectivity index (χ4v) is 1.94. The predicted octanol–water partition coefficient (Wildman–Crippen LogP) is 0.696. The number of carbonyl (C=O) groups is 1. The number of aromatic amines is 1. The molecule has 1 aromatic heterocycles. The third-order valence-corrected chi connectivity index (χ3v) is 2.95. The van der Waals surface area contributed by atoms with E-state index in [1.807, 2.05) is 6.07 Å². The molecule has 3 rings (SSSR count). The Hall–Kier alpha value is -1.88. The van der Waals surface area contributed by atoms with Crippen LogP contribution in [0.2, 0.25) is 0 Å². The lowest BCUT2D eigenvalue weighted by Crippen LogP contribution is -2.35. The first-order valence-electron chi connectivity index (χ1n) is 5.27. The molecular weight excluding hydrogens is 204 g/mol. The van der Waals surface area contributed by atoms with Gasteiger partial charge in [-0.25, -0.2) is 4.98 Å². The van der Waals surface area contributed by atoms with Gasteiger partial charge in [-0.1, -0.05) is 6.07 Å². The largest absolute Gasteiger partial charge is 0.366 e. The molecule has 0 spiro atoms. The highest BCUT2D eigenvalue weighted by Gasteiger charge is 2.22. The summed E-state index contributed by atoms with van der Waals surface area (Å²) in [5.74, 6) is 0.445. The number of hydrogen-bond donors (Lipinski definition) is 3. The van der Waals surface area contributed by atoms with Gasteiger partial charge in [-0.2, -0.15) is 0 Å². The summed E-state index contributed by atoms with van der Waals surface area (Å²) < 4.78 is 0. The predicted molar refractivity (Wildman–Crippen MR) is 60.0 cm³/mol. The van der Waals surface area contributed by atoms with E-state index >= 15 is 0 Å². The third kappa shape index (κ3) is 1.29. The SMILES string of the molecule is NC(=O)c1cccc2[nH]c(C3CCN3)nc12. The van der Waals surface area contributed by atoms with E-state index in [0.29, 0.717) is 11.1 Å². The lowest BCUT2D eigenvalue weighted by Gasteiger charge is -2.25. The zero-order valence-electron chi connectivity index (χ0n) is 8.66. The van der Waals surface area contributed by atoms with Crippen molar-refractivity contribution in [1.82, 2.24) is 15.3 Å². The van der Waals surface area contributed by atoms with Crippen molar-refractivity contribution in [3.8, 4) is 0 Å². The van der Waals surface area contributed by atoms with Gasteiger partial charge in [0.2, 0.25) is 0 Å². The molecular formula is C11H12N4O. The molecule has 16 heavy (non-hydrogen) atoms. The van der Waals surface area contributed by atoms with Gasteiger partial charge in [0.1, 0.15) is 11.3 Å². The molecule has 0 radical (unpaired) electrons. The molecule has 82 valence electrons. The number of H-pyrrole nitrogens is 1. The number of nitrogens with zero attached hydrogens (tertiary/aromatic N) is 1. The van der Waals surface area contributed by atoms with Crippen molar-refractivity contribution in [2.24, 2.45) is 5.73 Å². The van der Waals surface area contributed by atoms with Crippen LogP contribution in [-0.4, -0.2) is 22.4 Å². The summed E-state index contributed by atoms with van der Waals surface area (Å²) in [6.07, 6.45) is 1.08. The lowest BCUT2D eigenvalue weighted by atomic mass is 10.1. The number of fused-ring (bicyclic) bond motifs is 1. The van der Waals surface area contributed by atoms with Gasteiger partial charge in [0, 0.05) is 0 Å². The summed E-state index contributed by atoms with van der Waals surface area (Å²) in [5, 5.41) is 3.26. The number of carbonyl (C=O) groups excluding carboxylic acids is 1. The van der Waals surface area contributed by atoms with E-state index in [9.17, 15) is 4.79 Å². The Balaban J connectivity index is 2.15. The molecule has 0 bridgehead atoms. The number of primary amides is 1. The van der Waals surface area contributed by atoms with Crippen molar-refractivity contribution in [3.63, 3.8) is 0 Å². The minimum Gasteiger partial charge on any atom is -0.366 e. The minimum atomic E-state index is -0.440. The average molecular weight is 216 g/mol. The quantitative estimate of drug-likeness (QED) is 0.690. The smallest absolute Gasteiger partial charge is 0.250 e. The molecule has 0 saturated carbocycles. The molecule has 1 amide bonds. The monoisotopic (exact) mass is 216 g/mol. The number of aromatic nitrogens is 2. The van der Waals surface area contributed by atoms with Crippen LogP contribution in [0, 0.1) is 0 Å². The van der Waals surface area contributed by atoms with Gasteiger partial charge in [0.05, 0.1) is 17.1 Å². The molecule has 0 aliphatic carbocycles. The van der Waals surface area contributed by atoms with E-state index in [1.165, 1.54) is 0 Å².